The van der Waals surface area contributed by atoms with Crippen molar-refractivity contribution in [3.05, 3.63) is 22.3 Å². The molecule has 0 bridgehead atoms. The summed E-state index contributed by atoms with van der Waals surface area (Å²) in [6.07, 6.45) is 3.76. The molecular weight excluding hydrogens is 272 g/mol. The third-order valence-electron chi connectivity index (χ3n) is 2.64. The lowest BCUT2D eigenvalue weighted by Crippen LogP contribution is -2.30. The zero-order chi connectivity index (χ0) is 11.7. The first kappa shape index (κ1) is 11.3. The number of hydrogen-bond donors (Lipinski definition) is 2. The fourth-order valence-electron chi connectivity index (χ4n) is 1.53. The number of nitrogens with zero attached hydrogens (tertiary/aromatic N) is 2. The normalized spacial score (nSPS) is 14.7. The van der Waals surface area contributed by atoms with Gasteiger partial charge in [-0.3, -0.25) is 4.79 Å². The fourth-order valence-corrected chi connectivity index (χ4v) is 1.87. The SMILES string of the molecule is CN(C(=O)c1cc(Br)cnc1NN)C1CC1. The van der Waals surface area contributed by atoms with Crippen LogP contribution in [0.3, 0.4) is 0 Å². The number of halogens is 1. The minimum Gasteiger partial charge on any atom is -0.339 e. The Hall–Kier alpha value is -1.14. The van der Waals surface area contributed by atoms with Crippen LogP contribution in [-0.2, 0) is 0 Å². The lowest BCUT2D eigenvalue weighted by molar-refractivity contribution is 0.0785. The van der Waals surface area contributed by atoms with Gasteiger partial charge in [-0.05, 0) is 34.8 Å². The van der Waals surface area contributed by atoms with Crippen LogP contribution in [0.4, 0.5) is 5.82 Å². The van der Waals surface area contributed by atoms with Crippen molar-refractivity contribution in [1.29, 1.82) is 0 Å². The van der Waals surface area contributed by atoms with Gasteiger partial charge in [-0.25, -0.2) is 10.8 Å². The second-order valence-electron chi connectivity index (χ2n) is 3.84. The predicted octanol–water partition coefficient (Wildman–Crippen LogP) is 1.36. The zero-order valence-electron chi connectivity index (χ0n) is 8.90. The molecule has 86 valence electrons. The van der Waals surface area contributed by atoms with E-state index in [1.165, 1.54) is 0 Å². The van der Waals surface area contributed by atoms with Crippen LogP contribution >= 0.6 is 15.9 Å². The zero-order valence-corrected chi connectivity index (χ0v) is 10.5. The van der Waals surface area contributed by atoms with Crippen molar-refractivity contribution < 1.29 is 4.79 Å². The molecule has 1 heterocycles. The summed E-state index contributed by atoms with van der Waals surface area (Å²) >= 11 is 3.29. The molecule has 0 saturated heterocycles. The number of amides is 1. The summed E-state index contributed by atoms with van der Waals surface area (Å²) in [5.41, 5.74) is 2.93. The molecule has 1 aromatic rings. The van der Waals surface area contributed by atoms with Gasteiger partial charge < -0.3 is 10.3 Å². The molecule has 1 aliphatic carbocycles. The number of hydrogen-bond acceptors (Lipinski definition) is 4. The highest BCUT2D eigenvalue weighted by atomic mass is 79.9. The maximum absolute atomic E-state index is 12.1. The van der Waals surface area contributed by atoms with Gasteiger partial charge in [0.2, 0.25) is 0 Å². The molecule has 3 N–H and O–H groups in total. The molecule has 5 nitrogen and oxygen atoms in total. The van der Waals surface area contributed by atoms with Gasteiger partial charge >= 0.3 is 0 Å². The molecule has 0 aromatic carbocycles. The molecule has 0 unspecified atom stereocenters. The molecule has 1 aliphatic rings. The van der Waals surface area contributed by atoms with E-state index >= 15 is 0 Å². The molecule has 6 heteroatoms. The summed E-state index contributed by atoms with van der Waals surface area (Å²) in [5, 5.41) is 0. The van der Waals surface area contributed by atoms with Gasteiger partial charge in [-0.2, -0.15) is 0 Å². The topological polar surface area (TPSA) is 71.2 Å². The van der Waals surface area contributed by atoms with Crippen LogP contribution in [0.5, 0.6) is 0 Å². The molecule has 0 aliphatic heterocycles. The lowest BCUT2D eigenvalue weighted by atomic mass is 10.2. The van der Waals surface area contributed by atoms with E-state index in [-0.39, 0.29) is 5.91 Å². The number of pyridine rings is 1. The molecule has 0 radical (unpaired) electrons. The Morgan fingerprint density at radius 2 is 2.38 bits per heavy atom. The molecule has 0 spiro atoms. The van der Waals surface area contributed by atoms with Crippen LogP contribution in [0.1, 0.15) is 23.2 Å². The number of hydrazine groups is 1. The Balaban J connectivity index is 2.30. The van der Waals surface area contributed by atoms with Gasteiger partial charge in [-0.1, -0.05) is 0 Å². The third kappa shape index (κ3) is 2.17. The third-order valence-corrected chi connectivity index (χ3v) is 3.07. The summed E-state index contributed by atoms with van der Waals surface area (Å²) in [6.45, 7) is 0. The first-order valence-corrected chi connectivity index (χ1v) is 5.82. The number of nitrogen functional groups attached to an aromatic ring is 1. The van der Waals surface area contributed by atoms with Crippen LogP contribution in [0.15, 0.2) is 16.7 Å². The number of nitrogens with one attached hydrogen (secondary N) is 1. The van der Waals surface area contributed by atoms with Gasteiger partial charge in [0.25, 0.3) is 5.91 Å². The minimum atomic E-state index is -0.0516. The Morgan fingerprint density at radius 3 is 2.94 bits per heavy atom. The lowest BCUT2D eigenvalue weighted by Gasteiger charge is -2.17. The molecule has 2 rings (SSSR count). The highest BCUT2D eigenvalue weighted by molar-refractivity contribution is 9.10. The van der Waals surface area contributed by atoms with E-state index < -0.39 is 0 Å². The van der Waals surface area contributed by atoms with Crippen molar-refractivity contribution in [1.82, 2.24) is 9.88 Å². The first-order valence-electron chi connectivity index (χ1n) is 5.03. The van der Waals surface area contributed by atoms with E-state index in [0.717, 1.165) is 17.3 Å². The van der Waals surface area contributed by atoms with Gasteiger partial charge in [0, 0.05) is 23.8 Å². The van der Waals surface area contributed by atoms with E-state index in [1.54, 1.807) is 24.2 Å². The van der Waals surface area contributed by atoms with Crippen LogP contribution in [0.25, 0.3) is 0 Å². The monoisotopic (exact) mass is 284 g/mol. The molecule has 1 amide bonds. The molecular formula is C10H13BrN4O. The highest BCUT2D eigenvalue weighted by Gasteiger charge is 2.31. The van der Waals surface area contributed by atoms with Crippen molar-refractivity contribution in [2.24, 2.45) is 5.84 Å². The number of anilines is 1. The molecule has 1 saturated carbocycles. The van der Waals surface area contributed by atoms with E-state index in [0.29, 0.717) is 17.4 Å². The Morgan fingerprint density at radius 1 is 1.69 bits per heavy atom. The number of rotatable bonds is 3. The van der Waals surface area contributed by atoms with Crippen LogP contribution in [0, 0.1) is 0 Å². The number of carbonyl (C=O) groups is 1. The number of nitrogens with two attached hydrogens (primary N) is 1. The number of aromatic nitrogens is 1. The summed E-state index contributed by atoms with van der Waals surface area (Å²) in [7, 11) is 1.81. The maximum atomic E-state index is 12.1. The van der Waals surface area contributed by atoms with Gasteiger partial charge in [0.15, 0.2) is 5.82 Å². The van der Waals surface area contributed by atoms with E-state index in [1.807, 2.05) is 0 Å². The minimum absolute atomic E-state index is 0.0516. The average molecular weight is 285 g/mol. The van der Waals surface area contributed by atoms with Crippen LogP contribution < -0.4 is 11.3 Å². The van der Waals surface area contributed by atoms with Crippen molar-refractivity contribution >= 4 is 27.7 Å². The van der Waals surface area contributed by atoms with E-state index in [9.17, 15) is 4.79 Å². The van der Waals surface area contributed by atoms with Crippen molar-refractivity contribution in [3.63, 3.8) is 0 Å². The van der Waals surface area contributed by atoms with Crippen LogP contribution in [-0.4, -0.2) is 28.9 Å². The summed E-state index contributed by atoms with van der Waals surface area (Å²) in [4.78, 5) is 17.9. The molecule has 0 atom stereocenters. The maximum Gasteiger partial charge on any atom is 0.257 e. The summed E-state index contributed by atoms with van der Waals surface area (Å²) in [6, 6.07) is 2.10. The molecule has 16 heavy (non-hydrogen) atoms. The van der Waals surface area contributed by atoms with Crippen molar-refractivity contribution in [3.8, 4) is 0 Å². The van der Waals surface area contributed by atoms with Gasteiger partial charge in [0.1, 0.15) is 0 Å². The van der Waals surface area contributed by atoms with Crippen molar-refractivity contribution in [2.45, 2.75) is 18.9 Å². The van der Waals surface area contributed by atoms with Crippen molar-refractivity contribution in [2.75, 3.05) is 12.5 Å². The van der Waals surface area contributed by atoms with Gasteiger partial charge in [0.05, 0.1) is 5.56 Å². The first-order chi connectivity index (χ1) is 7.63. The second-order valence-corrected chi connectivity index (χ2v) is 4.76. The quantitative estimate of drug-likeness (QED) is 0.650. The Labute approximate surface area is 102 Å². The smallest absolute Gasteiger partial charge is 0.257 e. The Kier molecular flexibility index (Phi) is 3.11. The largest absolute Gasteiger partial charge is 0.339 e. The molecule has 1 aromatic heterocycles. The predicted molar refractivity (Wildman–Crippen MR) is 64.9 cm³/mol. The summed E-state index contributed by atoms with van der Waals surface area (Å²) in [5.74, 6) is 5.68. The standard InChI is InChI=1S/C10H13BrN4O/c1-15(7-2-3-7)10(16)8-4-6(11)5-13-9(8)14-12/h4-5,7H,2-3,12H2,1H3,(H,13,14). The van der Waals surface area contributed by atoms with E-state index in [2.05, 4.69) is 26.3 Å². The van der Waals surface area contributed by atoms with E-state index in [4.69, 9.17) is 5.84 Å². The second kappa shape index (κ2) is 4.39. The fraction of sp³-hybridized carbons (Fsp3) is 0.400. The highest BCUT2D eigenvalue weighted by Crippen LogP contribution is 2.28. The number of carbonyl (C=O) groups excluding carboxylic acids is 1. The summed E-state index contributed by atoms with van der Waals surface area (Å²) < 4.78 is 0.763. The van der Waals surface area contributed by atoms with Gasteiger partial charge in [-0.15, -0.1) is 0 Å². The van der Waals surface area contributed by atoms with Crippen LogP contribution in [0.2, 0.25) is 0 Å². The Bertz CT molecular complexity index is 419. The average Bonchev–Trinajstić information content (AvgIpc) is 3.11. The molecule has 1 fully saturated rings.